The minimum atomic E-state index is -4.13. The van der Waals surface area contributed by atoms with Crippen LogP contribution in [-0.4, -0.2) is 14.3 Å². The molecule has 3 aromatic carbocycles. The third-order valence-electron chi connectivity index (χ3n) is 4.22. The molecule has 0 aliphatic carbocycles. The lowest BCUT2D eigenvalue weighted by molar-refractivity contribution is -0.112. The first kappa shape index (κ1) is 21.7. The summed E-state index contributed by atoms with van der Waals surface area (Å²) in [5, 5.41) is 11.7. The Morgan fingerprint density at radius 1 is 1.03 bits per heavy atom. The summed E-state index contributed by atoms with van der Waals surface area (Å²) in [5.74, 6) is -1.56. The number of aryl methyl sites for hydroxylation is 1. The van der Waals surface area contributed by atoms with Crippen molar-refractivity contribution in [2.45, 2.75) is 11.8 Å². The van der Waals surface area contributed by atoms with Gasteiger partial charge in [-0.05, 0) is 43.3 Å². The molecule has 0 aliphatic rings. The first-order chi connectivity index (χ1) is 14.8. The largest absolute Gasteiger partial charge is 0.378 e. The maximum Gasteiger partial charge on any atom is 0.339 e. The number of anilines is 1. The summed E-state index contributed by atoms with van der Waals surface area (Å²) < 4.78 is 44.2. The highest BCUT2D eigenvalue weighted by atomic mass is 32.2. The molecular weight excluding hydrogens is 419 g/mol. The lowest BCUT2D eigenvalue weighted by atomic mass is 10.1. The van der Waals surface area contributed by atoms with Crippen molar-refractivity contribution < 1.29 is 21.8 Å². The van der Waals surface area contributed by atoms with E-state index >= 15 is 0 Å². The summed E-state index contributed by atoms with van der Waals surface area (Å²) in [6.07, 6.45) is 1.18. The summed E-state index contributed by atoms with van der Waals surface area (Å²) in [5.41, 5.74) is 0.646. The standard InChI is InChI=1S/C23H17FN2O4S/c1-16-10-12-19(13-11-16)31(28,29)30-22-9-5-2-6-17(22)14-18(15-25)23(27)26-21-8-4-3-7-20(21)24/h2-14H,1H3,(H,26,27)/b18-14+. The molecule has 0 aromatic heterocycles. The van der Waals surface area contributed by atoms with E-state index in [1.165, 1.54) is 54.6 Å². The topological polar surface area (TPSA) is 96.3 Å². The fraction of sp³-hybridized carbons (Fsp3) is 0.0435. The van der Waals surface area contributed by atoms with Crippen molar-refractivity contribution in [3.05, 3.63) is 95.3 Å². The molecule has 0 spiro atoms. The number of amides is 1. The fourth-order valence-electron chi connectivity index (χ4n) is 2.60. The molecule has 31 heavy (non-hydrogen) atoms. The summed E-state index contributed by atoms with van der Waals surface area (Å²) in [7, 11) is -4.13. The molecule has 1 amide bonds. The first-order valence-electron chi connectivity index (χ1n) is 9.08. The molecule has 8 heteroatoms. The van der Waals surface area contributed by atoms with Crippen molar-refractivity contribution in [1.82, 2.24) is 0 Å². The SMILES string of the molecule is Cc1ccc(S(=O)(=O)Oc2ccccc2/C=C(\C#N)C(=O)Nc2ccccc2F)cc1. The summed E-state index contributed by atoms with van der Waals surface area (Å²) in [6, 6.07) is 19.4. The molecule has 0 bridgehead atoms. The number of halogens is 1. The highest BCUT2D eigenvalue weighted by molar-refractivity contribution is 7.87. The third kappa shape index (κ3) is 5.35. The van der Waals surface area contributed by atoms with E-state index in [2.05, 4.69) is 5.32 Å². The highest BCUT2D eigenvalue weighted by Crippen LogP contribution is 2.25. The number of carbonyl (C=O) groups is 1. The van der Waals surface area contributed by atoms with Gasteiger partial charge in [-0.2, -0.15) is 13.7 Å². The quantitative estimate of drug-likeness (QED) is 0.350. The van der Waals surface area contributed by atoms with Crippen LogP contribution in [0, 0.1) is 24.1 Å². The maximum atomic E-state index is 13.8. The van der Waals surface area contributed by atoms with Crippen molar-refractivity contribution >= 4 is 27.8 Å². The molecule has 1 N–H and O–H groups in total. The molecular formula is C23H17FN2O4S. The maximum absolute atomic E-state index is 13.8. The minimum Gasteiger partial charge on any atom is -0.378 e. The van der Waals surface area contributed by atoms with Crippen LogP contribution in [0.25, 0.3) is 6.08 Å². The van der Waals surface area contributed by atoms with Crippen LogP contribution in [0.3, 0.4) is 0 Å². The molecule has 0 unspecified atom stereocenters. The number of nitriles is 1. The Hall–Kier alpha value is -3.96. The van der Waals surface area contributed by atoms with E-state index in [0.717, 1.165) is 5.56 Å². The molecule has 6 nitrogen and oxygen atoms in total. The van der Waals surface area contributed by atoms with Crippen LogP contribution in [0.4, 0.5) is 10.1 Å². The number of rotatable bonds is 6. The van der Waals surface area contributed by atoms with E-state index in [-0.39, 0.29) is 27.5 Å². The van der Waals surface area contributed by atoms with Crippen LogP contribution in [0.5, 0.6) is 5.75 Å². The fourth-order valence-corrected chi connectivity index (χ4v) is 3.56. The van der Waals surface area contributed by atoms with Crippen molar-refractivity contribution in [2.24, 2.45) is 0 Å². The van der Waals surface area contributed by atoms with E-state index in [1.54, 1.807) is 30.3 Å². The predicted molar refractivity (Wildman–Crippen MR) is 114 cm³/mol. The minimum absolute atomic E-state index is 0.0327. The second-order valence-corrected chi connectivity index (χ2v) is 8.04. The Balaban J connectivity index is 1.90. The van der Waals surface area contributed by atoms with Gasteiger partial charge in [0, 0.05) is 5.56 Å². The summed E-state index contributed by atoms with van der Waals surface area (Å²) in [6.45, 7) is 1.83. The summed E-state index contributed by atoms with van der Waals surface area (Å²) in [4.78, 5) is 12.4. The van der Waals surface area contributed by atoms with Gasteiger partial charge in [-0.15, -0.1) is 0 Å². The van der Waals surface area contributed by atoms with Gasteiger partial charge in [0.15, 0.2) is 0 Å². The number of carbonyl (C=O) groups excluding carboxylic acids is 1. The molecule has 0 radical (unpaired) electrons. The van der Waals surface area contributed by atoms with Crippen LogP contribution in [0.2, 0.25) is 0 Å². The Kier molecular flexibility index (Phi) is 6.48. The molecule has 0 fully saturated rings. The van der Waals surface area contributed by atoms with Crippen molar-refractivity contribution in [2.75, 3.05) is 5.32 Å². The van der Waals surface area contributed by atoms with Crippen LogP contribution < -0.4 is 9.50 Å². The number of hydrogen-bond donors (Lipinski definition) is 1. The number of para-hydroxylation sites is 2. The van der Waals surface area contributed by atoms with Crippen LogP contribution >= 0.6 is 0 Å². The zero-order valence-electron chi connectivity index (χ0n) is 16.4. The number of hydrogen-bond acceptors (Lipinski definition) is 5. The van der Waals surface area contributed by atoms with Crippen LogP contribution in [0.15, 0.2) is 83.3 Å². The molecule has 0 saturated heterocycles. The lowest BCUT2D eigenvalue weighted by Gasteiger charge is -2.10. The smallest absolute Gasteiger partial charge is 0.339 e. The van der Waals surface area contributed by atoms with Gasteiger partial charge in [0.1, 0.15) is 28.1 Å². The average Bonchev–Trinajstić information content (AvgIpc) is 2.74. The van der Waals surface area contributed by atoms with Gasteiger partial charge in [-0.1, -0.05) is 48.0 Å². The Morgan fingerprint density at radius 2 is 1.68 bits per heavy atom. The van der Waals surface area contributed by atoms with E-state index in [1.807, 2.05) is 6.92 Å². The molecule has 156 valence electrons. The molecule has 0 saturated carbocycles. The van der Waals surface area contributed by atoms with Gasteiger partial charge < -0.3 is 9.50 Å². The molecule has 0 aliphatic heterocycles. The van der Waals surface area contributed by atoms with Gasteiger partial charge in [0.2, 0.25) is 0 Å². The van der Waals surface area contributed by atoms with Gasteiger partial charge in [0.25, 0.3) is 5.91 Å². The van der Waals surface area contributed by atoms with Crippen molar-refractivity contribution in [3.63, 3.8) is 0 Å². The Labute approximate surface area is 179 Å². The monoisotopic (exact) mass is 436 g/mol. The molecule has 3 aromatic rings. The van der Waals surface area contributed by atoms with Crippen molar-refractivity contribution in [3.8, 4) is 11.8 Å². The zero-order chi connectivity index (χ0) is 22.4. The number of nitrogens with zero attached hydrogens (tertiary/aromatic N) is 1. The van der Waals surface area contributed by atoms with E-state index in [0.29, 0.717) is 0 Å². The van der Waals surface area contributed by atoms with E-state index in [4.69, 9.17) is 4.18 Å². The number of nitrogens with one attached hydrogen (secondary N) is 1. The zero-order valence-corrected chi connectivity index (χ0v) is 17.2. The van der Waals surface area contributed by atoms with Crippen LogP contribution in [-0.2, 0) is 14.9 Å². The van der Waals surface area contributed by atoms with Gasteiger partial charge in [-0.25, -0.2) is 4.39 Å². The van der Waals surface area contributed by atoms with Gasteiger partial charge in [0.05, 0.1) is 5.69 Å². The van der Waals surface area contributed by atoms with E-state index < -0.39 is 21.8 Å². The predicted octanol–water partition coefficient (Wildman–Crippen LogP) is 4.45. The van der Waals surface area contributed by atoms with Gasteiger partial charge in [-0.3, -0.25) is 4.79 Å². The second kappa shape index (κ2) is 9.24. The molecule has 0 atom stereocenters. The highest BCUT2D eigenvalue weighted by Gasteiger charge is 2.19. The Bertz CT molecular complexity index is 1290. The number of benzene rings is 3. The first-order valence-corrected chi connectivity index (χ1v) is 10.5. The van der Waals surface area contributed by atoms with Crippen molar-refractivity contribution in [1.29, 1.82) is 5.26 Å². The molecule has 0 heterocycles. The third-order valence-corrected chi connectivity index (χ3v) is 5.46. The summed E-state index contributed by atoms with van der Waals surface area (Å²) >= 11 is 0. The van der Waals surface area contributed by atoms with Crippen LogP contribution in [0.1, 0.15) is 11.1 Å². The lowest BCUT2D eigenvalue weighted by Crippen LogP contribution is -2.14. The van der Waals surface area contributed by atoms with Gasteiger partial charge >= 0.3 is 10.1 Å². The van der Waals surface area contributed by atoms with E-state index in [9.17, 15) is 22.9 Å². The molecule has 3 rings (SSSR count). The average molecular weight is 436 g/mol. The Morgan fingerprint density at radius 3 is 2.35 bits per heavy atom. The second-order valence-electron chi connectivity index (χ2n) is 6.49. The normalized spacial score (nSPS) is 11.5.